The molecule has 1 amide bonds. The number of nitrogens with zero attached hydrogens (tertiary/aromatic N) is 3. The van der Waals surface area contributed by atoms with Gasteiger partial charge in [-0.3, -0.25) is 9.89 Å². The summed E-state index contributed by atoms with van der Waals surface area (Å²) in [5, 5.41) is 6.68. The van der Waals surface area contributed by atoms with Gasteiger partial charge in [-0.1, -0.05) is 12.1 Å². The second-order valence-corrected chi connectivity index (χ2v) is 8.37. The number of piperazine rings is 1. The summed E-state index contributed by atoms with van der Waals surface area (Å²) in [5.74, 6) is 1.64. The van der Waals surface area contributed by atoms with Crippen molar-refractivity contribution in [2.24, 2.45) is 4.99 Å². The summed E-state index contributed by atoms with van der Waals surface area (Å²) in [5.41, 5.74) is 0.694. The van der Waals surface area contributed by atoms with Gasteiger partial charge in [0.15, 0.2) is 5.96 Å². The molecule has 168 valence electrons. The van der Waals surface area contributed by atoms with E-state index in [1.54, 1.807) is 19.1 Å². The van der Waals surface area contributed by atoms with Gasteiger partial charge in [0, 0.05) is 46.3 Å². The van der Waals surface area contributed by atoms with Crippen LogP contribution in [-0.2, 0) is 11.3 Å². The van der Waals surface area contributed by atoms with Crippen molar-refractivity contribution >= 4 is 12.1 Å². The maximum atomic E-state index is 12.1. The van der Waals surface area contributed by atoms with E-state index in [0.29, 0.717) is 19.6 Å². The van der Waals surface area contributed by atoms with Crippen molar-refractivity contribution in [1.82, 2.24) is 20.4 Å². The minimum Gasteiger partial charge on any atom is -0.497 e. The Hall–Kier alpha value is -2.48. The SMILES string of the molecule is CN=C(NCCCN1CCN(C(=O)OC(C)(C)C)CC1)NCc1cccc(OC)c1. The number of amides is 1. The molecule has 0 aromatic heterocycles. The van der Waals surface area contributed by atoms with Crippen molar-refractivity contribution < 1.29 is 14.3 Å². The number of nitrogens with one attached hydrogen (secondary N) is 2. The summed E-state index contributed by atoms with van der Waals surface area (Å²) in [7, 11) is 3.45. The Morgan fingerprint density at radius 2 is 1.90 bits per heavy atom. The summed E-state index contributed by atoms with van der Waals surface area (Å²) in [4.78, 5) is 20.6. The number of ether oxygens (including phenoxy) is 2. The summed E-state index contributed by atoms with van der Waals surface area (Å²) < 4.78 is 10.7. The number of carbonyl (C=O) groups is 1. The molecule has 1 aliphatic rings. The van der Waals surface area contributed by atoms with E-state index >= 15 is 0 Å². The second kappa shape index (κ2) is 11.6. The molecular weight excluding hydrogens is 382 g/mol. The van der Waals surface area contributed by atoms with Gasteiger partial charge in [0.2, 0.25) is 0 Å². The maximum absolute atomic E-state index is 12.1. The predicted molar refractivity (Wildman–Crippen MR) is 120 cm³/mol. The second-order valence-electron chi connectivity index (χ2n) is 8.37. The first-order chi connectivity index (χ1) is 14.3. The molecule has 8 nitrogen and oxygen atoms in total. The van der Waals surface area contributed by atoms with Gasteiger partial charge in [-0.2, -0.15) is 0 Å². The molecule has 1 aromatic rings. The third-order valence-corrected chi connectivity index (χ3v) is 4.79. The highest BCUT2D eigenvalue weighted by molar-refractivity contribution is 5.79. The number of hydrogen-bond acceptors (Lipinski definition) is 5. The average molecular weight is 420 g/mol. The van der Waals surface area contributed by atoms with Crippen molar-refractivity contribution in [3.63, 3.8) is 0 Å². The average Bonchev–Trinajstić information content (AvgIpc) is 2.72. The third-order valence-electron chi connectivity index (χ3n) is 4.79. The smallest absolute Gasteiger partial charge is 0.410 e. The molecule has 0 atom stereocenters. The van der Waals surface area contributed by atoms with Crippen LogP contribution in [-0.4, -0.2) is 80.9 Å². The topological polar surface area (TPSA) is 78.4 Å². The lowest BCUT2D eigenvalue weighted by atomic mass is 10.2. The summed E-state index contributed by atoms with van der Waals surface area (Å²) in [6.07, 6.45) is 0.793. The Kier molecular flexibility index (Phi) is 9.23. The van der Waals surface area contributed by atoms with Crippen molar-refractivity contribution in [2.45, 2.75) is 39.3 Å². The maximum Gasteiger partial charge on any atom is 0.410 e. The first-order valence-corrected chi connectivity index (χ1v) is 10.6. The van der Waals surface area contributed by atoms with Gasteiger partial charge in [-0.05, 0) is 51.4 Å². The van der Waals surface area contributed by atoms with E-state index in [0.717, 1.165) is 49.9 Å². The minimum atomic E-state index is -0.445. The number of methoxy groups -OCH3 is 1. The standard InChI is InChI=1S/C22H37N5O3/c1-22(2,3)30-21(28)27-14-12-26(13-15-27)11-7-10-24-20(23-4)25-17-18-8-6-9-19(16-18)29-5/h6,8-9,16H,7,10-15,17H2,1-5H3,(H2,23,24,25). The van der Waals surface area contributed by atoms with Crippen LogP contribution < -0.4 is 15.4 Å². The molecule has 0 unspecified atom stereocenters. The van der Waals surface area contributed by atoms with Gasteiger partial charge in [-0.25, -0.2) is 4.79 Å². The van der Waals surface area contributed by atoms with Gasteiger partial charge >= 0.3 is 6.09 Å². The lowest BCUT2D eigenvalue weighted by Gasteiger charge is -2.35. The molecule has 1 heterocycles. The highest BCUT2D eigenvalue weighted by Gasteiger charge is 2.25. The molecule has 1 fully saturated rings. The van der Waals surface area contributed by atoms with Crippen LogP contribution in [0.4, 0.5) is 4.79 Å². The van der Waals surface area contributed by atoms with E-state index in [2.05, 4.69) is 26.6 Å². The lowest BCUT2D eigenvalue weighted by Crippen LogP contribution is -2.50. The van der Waals surface area contributed by atoms with Gasteiger partial charge < -0.3 is 25.0 Å². The van der Waals surface area contributed by atoms with E-state index in [9.17, 15) is 4.79 Å². The van der Waals surface area contributed by atoms with Crippen LogP contribution in [0.2, 0.25) is 0 Å². The van der Waals surface area contributed by atoms with Crippen LogP contribution >= 0.6 is 0 Å². The van der Waals surface area contributed by atoms with E-state index in [-0.39, 0.29) is 6.09 Å². The zero-order valence-electron chi connectivity index (χ0n) is 19.0. The summed E-state index contributed by atoms with van der Waals surface area (Å²) >= 11 is 0. The molecule has 0 spiro atoms. The highest BCUT2D eigenvalue weighted by atomic mass is 16.6. The minimum absolute atomic E-state index is 0.213. The molecule has 2 N–H and O–H groups in total. The molecule has 1 saturated heterocycles. The van der Waals surface area contributed by atoms with Gasteiger partial charge in [0.25, 0.3) is 0 Å². The van der Waals surface area contributed by atoms with Crippen molar-refractivity contribution in [3.05, 3.63) is 29.8 Å². The number of carbonyl (C=O) groups excluding carboxylic acids is 1. The van der Waals surface area contributed by atoms with Gasteiger partial charge in [-0.15, -0.1) is 0 Å². The molecule has 0 radical (unpaired) electrons. The lowest BCUT2D eigenvalue weighted by molar-refractivity contribution is 0.0145. The number of rotatable bonds is 7. The van der Waals surface area contributed by atoms with Gasteiger partial charge in [0.05, 0.1) is 7.11 Å². The van der Waals surface area contributed by atoms with Crippen LogP contribution in [0.15, 0.2) is 29.3 Å². The van der Waals surface area contributed by atoms with Crippen molar-refractivity contribution in [3.8, 4) is 5.75 Å². The Bertz CT molecular complexity index is 694. The highest BCUT2D eigenvalue weighted by Crippen LogP contribution is 2.13. The van der Waals surface area contributed by atoms with Gasteiger partial charge in [0.1, 0.15) is 11.4 Å². The molecule has 1 aliphatic heterocycles. The molecule has 0 bridgehead atoms. The summed E-state index contributed by atoms with van der Waals surface area (Å²) in [6, 6.07) is 7.98. The van der Waals surface area contributed by atoms with E-state index in [1.807, 2.05) is 39.0 Å². The fourth-order valence-corrected chi connectivity index (χ4v) is 3.18. The molecule has 1 aromatic carbocycles. The molecule has 2 rings (SSSR count). The van der Waals surface area contributed by atoms with E-state index < -0.39 is 5.60 Å². The van der Waals surface area contributed by atoms with Crippen LogP contribution in [0.25, 0.3) is 0 Å². The number of aliphatic imine (C=N–C) groups is 1. The normalized spacial score (nSPS) is 15.6. The molecular formula is C22H37N5O3. The van der Waals surface area contributed by atoms with Crippen LogP contribution in [0, 0.1) is 0 Å². The van der Waals surface area contributed by atoms with Crippen molar-refractivity contribution in [1.29, 1.82) is 0 Å². The Morgan fingerprint density at radius 1 is 1.17 bits per heavy atom. The van der Waals surface area contributed by atoms with Crippen LogP contribution in [0.1, 0.15) is 32.8 Å². The first kappa shape index (κ1) is 23.8. The Labute approximate surface area is 180 Å². The molecule has 8 heteroatoms. The zero-order chi connectivity index (χ0) is 22.0. The largest absolute Gasteiger partial charge is 0.497 e. The number of hydrogen-bond donors (Lipinski definition) is 2. The number of benzene rings is 1. The van der Waals surface area contributed by atoms with Crippen molar-refractivity contribution in [2.75, 3.05) is 53.4 Å². The third kappa shape index (κ3) is 8.49. The molecule has 30 heavy (non-hydrogen) atoms. The molecule has 0 saturated carbocycles. The van der Waals surface area contributed by atoms with Crippen LogP contribution in [0.3, 0.4) is 0 Å². The Balaban J connectivity index is 1.62. The monoisotopic (exact) mass is 419 g/mol. The predicted octanol–water partition coefficient (Wildman–Crippen LogP) is 2.30. The quantitative estimate of drug-likeness (QED) is 0.401. The summed E-state index contributed by atoms with van der Waals surface area (Å²) in [6.45, 7) is 11.4. The van der Waals surface area contributed by atoms with E-state index in [4.69, 9.17) is 9.47 Å². The fourth-order valence-electron chi connectivity index (χ4n) is 3.18. The molecule has 0 aliphatic carbocycles. The Morgan fingerprint density at radius 3 is 2.53 bits per heavy atom. The zero-order valence-corrected chi connectivity index (χ0v) is 19.0. The fraction of sp³-hybridized carbons (Fsp3) is 0.636. The van der Waals surface area contributed by atoms with Crippen LogP contribution in [0.5, 0.6) is 5.75 Å². The number of guanidine groups is 1. The first-order valence-electron chi connectivity index (χ1n) is 10.6. The van der Waals surface area contributed by atoms with E-state index in [1.165, 1.54) is 0 Å².